The molecule has 0 saturated heterocycles. The fraction of sp³-hybridized carbons (Fsp3) is 0.833. The fourth-order valence-electron chi connectivity index (χ4n) is 0.405. The molecule has 0 aliphatic heterocycles. The van der Waals surface area contributed by atoms with Crippen LogP contribution < -0.4 is 0 Å². The van der Waals surface area contributed by atoms with Gasteiger partial charge < -0.3 is 9.84 Å². The van der Waals surface area contributed by atoms with Gasteiger partial charge in [0.1, 0.15) is 0 Å². The molecule has 66 valence electrons. The van der Waals surface area contributed by atoms with Crippen LogP contribution in [0.1, 0.15) is 13.3 Å². The van der Waals surface area contributed by atoms with Crippen molar-refractivity contribution >= 4 is 5.97 Å². The minimum absolute atomic E-state index is 0.217. The fourth-order valence-corrected chi connectivity index (χ4v) is 0.405. The van der Waals surface area contributed by atoms with Crippen LogP contribution in [0.3, 0.4) is 0 Å². The molecule has 11 heavy (non-hydrogen) atoms. The third-order valence-corrected chi connectivity index (χ3v) is 1.05. The second kappa shape index (κ2) is 5.01. The standard InChI is InChI=1S/C6H10F2O3/c1-4(6(9)10)11-3-2-5(7)8/h4-5H,2-3H2,1H3,(H,9,10). The molecule has 0 saturated carbocycles. The van der Waals surface area contributed by atoms with Crippen molar-refractivity contribution in [3.63, 3.8) is 0 Å². The van der Waals surface area contributed by atoms with Crippen LogP contribution in [0.2, 0.25) is 0 Å². The van der Waals surface area contributed by atoms with Gasteiger partial charge in [-0.2, -0.15) is 0 Å². The highest BCUT2D eigenvalue weighted by Gasteiger charge is 2.11. The Bertz CT molecular complexity index is 127. The monoisotopic (exact) mass is 168 g/mol. The lowest BCUT2D eigenvalue weighted by atomic mass is 10.4. The third kappa shape index (κ3) is 5.72. The highest BCUT2D eigenvalue weighted by atomic mass is 19.3. The van der Waals surface area contributed by atoms with Crippen molar-refractivity contribution < 1.29 is 23.4 Å². The lowest BCUT2D eigenvalue weighted by Gasteiger charge is -2.06. The number of hydrogen-bond donors (Lipinski definition) is 1. The zero-order valence-corrected chi connectivity index (χ0v) is 6.09. The topological polar surface area (TPSA) is 46.5 Å². The number of alkyl halides is 2. The van der Waals surface area contributed by atoms with E-state index in [0.717, 1.165) is 0 Å². The summed E-state index contributed by atoms with van der Waals surface area (Å²) in [6, 6.07) is 0. The van der Waals surface area contributed by atoms with Crippen LogP contribution >= 0.6 is 0 Å². The van der Waals surface area contributed by atoms with E-state index in [9.17, 15) is 13.6 Å². The summed E-state index contributed by atoms with van der Waals surface area (Å²) in [7, 11) is 0. The Hall–Kier alpha value is -0.710. The number of rotatable bonds is 5. The summed E-state index contributed by atoms with van der Waals surface area (Å²) < 4.78 is 27.5. The quantitative estimate of drug-likeness (QED) is 0.669. The predicted molar refractivity (Wildman–Crippen MR) is 33.7 cm³/mol. The molecule has 0 aliphatic carbocycles. The molecule has 1 atom stereocenters. The first-order chi connectivity index (χ1) is 5.04. The van der Waals surface area contributed by atoms with E-state index in [-0.39, 0.29) is 6.61 Å². The van der Waals surface area contributed by atoms with Gasteiger partial charge in [0.05, 0.1) is 6.61 Å². The van der Waals surface area contributed by atoms with Crippen molar-refractivity contribution in [1.29, 1.82) is 0 Å². The van der Waals surface area contributed by atoms with Crippen molar-refractivity contribution in [3.8, 4) is 0 Å². The van der Waals surface area contributed by atoms with E-state index in [1.54, 1.807) is 0 Å². The highest BCUT2D eigenvalue weighted by molar-refractivity contribution is 5.71. The van der Waals surface area contributed by atoms with Crippen molar-refractivity contribution in [1.82, 2.24) is 0 Å². The molecule has 1 unspecified atom stereocenters. The van der Waals surface area contributed by atoms with Gasteiger partial charge in [-0.3, -0.25) is 0 Å². The SMILES string of the molecule is CC(OCCC(F)F)C(=O)O. The van der Waals surface area contributed by atoms with E-state index in [0.29, 0.717) is 0 Å². The van der Waals surface area contributed by atoms with Gasteiger partial charge in [0, 0.05) is 6.42 Å². The van der Waals surface area contributed by atoms with E-state index in [1.165, 1.54) is 6.92 Å². The molecule has 3 nitrogen and oxygen atoms in total. The molecule has 0 aliphatic rings. The van der Waals surface area contributed by atoms with Crippen molar-refractivity contribution in [2.24, 2.45) is 0 Å². The number of aliphatic carboxylic acids is 1. The lowest BCUT2D eigenvalue weighted by Crippen LogP contribution is -2.20. The molecule has 0 amide bonds. The zero-order valence-electron chi connectivity index (χ0n) is 6.09. The molecule has 0 rings (SSSR count). The number of carboxylic acids is 1. The maximum atomic E-state index is 11.5. The van der Waals surface area contributed by atoms with Gasteiger partial charge >= 0.3 is 5.97 Å². The van der Waals surface area contributed by atoms with Crippen molar-refractivity contribution in [3.05, 3.63) is 0 Å². The third-order valence-electron chi connectivity index (χ3n) is 1.05. The average Bonchev–Trinajstić information content (AvgIpc) is 1.86. The van der Waals surface area contributed by atoms with Crippen LogP contribution in [-0.2, 0) is 9.53 Å². The van der Waals surface area contributed by atoms with Crippen LogP contribution in [0.5, 0.6) is 0 Å². The Morgan fingerprint density at radius 3 is 2.55 bits per heavy atom. The largest absolute Gasteiger partial charge is 0.479 e. The molecule has 0 fully saturated rings. The number of carbonyl (C=O) groups is 1. The predicted octanol–water partition coefficient (Wildman–Crippen LogP) is 1.13. The molecular weight excluding hydrogens is 158 g/mol. The molecule has 0 spiro atoms. The van der Waals surface area contributed by atoms with Crippen LogP contribution in [0.15, 0.2) is 0 Å². The Morgan fingerprint density at radius 1 is 1.64 bits per heavy atom. The Balaban J connectivity index is 3.31. The summed E-state index contributed by atoms with van der Waals surface area (Å²) in [4.78, 5) is 10.1. The van der Waals surface area contributed by atoms with Crippen LogP contribution in [0.25, 0.3) is 0 Å². The zero-order chi connectivity index (χ0) is 8.85. The van der Waals surface area contributed by atoms with E-state index in [2.05, 4.69) is 4.74 Å². The van der Waals surface area contributed by atoms with Gasteiger partial charge in [-0.05, 0) is 6.92 Å². The van der Waals surface area contributed by atoms with Crippen LogP contribution in [0, 0.1) is 0 Å². The Morgan fingerprint density at radius 2 is 2.18 bits per heavy atom. The first kappa shape index (κ1) is 10.3. The summed E-state index contributed by atoms with van der Waals surface area (Å²) in [5.41, 5.74) is 0. The molecule has 0 aromatic rings. The second-order valence-corrected chi connectivity index (χ2v) is 2.03. The summed E-state index contributed by atoms with van der Waals surface area (Å²) in [6.45, 7) is 1.08. The first-order valence-electron chi connectivity index (χ1n) is 3.16. The van der Waals surface area contributed by atoms with E-state index < -0.39 is 24.9 Å². The van der Waals surface area contributed by atoms with E-state index in [1.807, 2.05) is 0 Å². The van der Waals surface area contributed by atoms with Crippen LogP contribution in [0.4, 0.5) is 8.78 Å². The van der Waals surface area contributed by atoms with Gasteiger partial charge in [0.15, 0.2) is 6.10 Å². The minimum Gasteiger partial charge on any atom is -0.479 e. The normalized spacial score (nSPS) is 13.5. The maximum absolute atomic E-state index is 11.5. The van der Waals surface area contributed by atoms with Crippen molar-refractivity contribution in [2.45, 2.75) is 25.9 Å². The maximum Gasteiger partial charge on any atom is 0.332 e. The number of halogens is 2. The molecule has 0 heterocycles. The van der Waals surface area contributed by atoms with E-state index in [4.69, 9.17) is 5.11 Å². The average molecular weight is 168 g/mol. The molecule has 0 aromatic carbocycles. The van der Waals surface area contributed by atoms with Crippen molar-refractivity contribution in [2.75, 3.05) is 6.61 Å². The molecule has 0 aromatic heterocycles. The molecular formula is C6H10F2O3. The second-order valence-electron chi connectivity index (χ2n) is 2.03. The van der Waals surface area contributed by atoms with Crippen LogP contribution in [-0.4, -0.2) is 30.2 Å². The van der Waals surface area contributed by atoms with Gasteiger partial charge in [0.2, 0.25) is 6.43 Å². The molecule has 0 bridgehead atoms. The summed E-state index contributed by atoms with van der Waals surface area (Å²) in [6.07, 6.45) is -3.86. The van der Waals surface area contributed by atoms with Gasteiger partial charge in [-0.15, -0.1) is 0 Å². The molecule has 1 N–H and O–H groups in total. The lowest BCUT2D eigenvalue weighted by molar-refractivity contribution is -0.149. The summed E-state index contributed by atoms with van der Waals surface area (Å²) >= 11 is 0. The molecule has 5 heteroatoms. The van der Waals surface area contributed by atoms with Gasteiger partial charge in [-0.1, -0.05) is 0 Å². The van der Waals surface area contributed by atoms with Gasteiger partial charge in [-0.25, -0.2) is 13.6 Å². The first-order valence-corrected chi connectivity index (χ1v) is 3.16. The number of ether oxygens (including phenoxy) is 1. The summed E-state index contributed by atoms with van der Waals surface area (Å²) in [5, 5.41) is 8.23. The Kier molecular flexibility index (Phi) is 4.69. The van der Waals surface area contributed by atoms with Gasteiger partial charge in [0.25, 0.3) is 0 Å². The highest BCUT2D eigenvalue weighted by Crippen LogP contribution is 2.00. The Labute approximate surface area is 63.0 Å². The minimum atomic E-state index is -2.43. The number of carboxylic acid groups (broad SMARTS) is 1. The summed E-state index contributed by atoms with van der Waals surface area (Å²) in [5.74, 6) is -1.14. The smallest absolute Gasteiger partial charge is 0.332 e. The van der Waals surface area contributed by atoms with E-state index >= 15 is 0 Å². The number of hydrogen-bond acceptors (Lipinski definition) is 2. The molecule has 0 radical (unpaired) electrons.